The van der Waals surface area contributed by atoms with Crippen molar-refractivity contribution in [1.82, 2.24) is 10.2 Å². The maximum absolute atomic E-state index is 9.20. The van der Waals surface area contributed by atoms with Crippen LogP contribution in [-0.4, -0.2) is 48.8 Å². The van der Waals surface area contributed by atoms with Gasteiger partial charge in [0.25, 0.3) is 0 Å². The van der Waals surface area contributed by atoms with Crippen molar-refractivity contribution in [3.05, 3.63) is 0 Å². The predicted octanol–water partition coefficient (Wildman–Crippen LogP) is 0.0510. The molecule has 0 bridgehead atoms. The van der Waals surface area contributed by atoms with E-state index >= 15 is 0 Å². The fraction of sp³-hybridized carbons (Fsp3) is 1.00. The lowest BCUT2D eigenvalue weighted by atomic mass is 10.1. The van der Waals surface area contributed by atoms with Gasteiger partial charge >= 0.3 is 0 Å². The van der Waals surface area contributed by atoms with Crippen LogP contribution in [-0.2, 0) is 0 Å². The van der Waals surface area contributed by atoms with Gasteiger partial charge in [-0.05, 0) is 33.4 Å². The molecule has 0 aliphatic carbocycles. The first-order valence-electron chi connectivity index (χ1n) is 4.80. The van der Waals surface area contributed by atoms with E-state index in [1.54, 1.807) is 0 Å². The molecule has 0 radical (unpaired) electrons. The van der Waals surface area contributed by atoms with Crippen molar-refractivity contribution in [2.45, 2.75) is 31.9 Å². The molecule has 1 saturated heterocycles. The summed E-state index contributed by atoms with van der Waals surface area (Å²) in [6.45, 7) is 4.89. The summed E-state index contributed by atoms with van der Waals surface area (Å²) in [7, 11) is 2.01. The molecule has 72 valence electrons. The molecule has 1 aliphatic heterocycles. The molecule has 3 heteroatoms. The van der Waals surface area contributed by atoms with Gasteiger partial charge in [0.1, 0.15) is 0 Å². The molecular formula is C9H20N2O. The molecule has 2 N–H and O–H groups in total. The van der Waals surface area contributed by atoms with Gasteiger partial charge in [-0.3, -0.25) is 4.90 Å². The Kier molecular flexibility index (Phi) is 3.98. The molecule has 0 saturated carbocycles. The first-order valence-corrected chi connectivity index (χ1v) is 4.80. The lowest BCUT2D eigenvalue weighted by molar-refractivity contribution is 0.104. The van der Waals surface area contributed by atoms with Crippen molar-refractivity contribution in [2.24, 2.45) is 0 Å². The average Bonchev–Trinajstić information content (AvgIpc) is 2.03. The zero-order chi connectivity index (χ0) is 8.97. The molecule has 12 heavy (non-hydrogen) atoms. The predicted molar refractivity (Wildman–Crippen MR) is 50.2 cm³/mol. The third-order valence-electron chi connectivity index (χ3n) is 2.44. The molecule has 0 aromatic heterocycles. The summed E-state index contributed by atoms with van der Waals surface area (Å²) in [6, 6.07) is 0.623. The van der Waals surface area contributed by atoms with Crippen molar-refractivity contribution in [1.29, 1.82) is 0 Å². The van der Waals surface area contributed by atoms with Gasteiger partial charge in [0.05, 0.1) is 6.10 Å². The van der Waals surface area contributed by atoms with Crippen LogP contribution in [0.5, 0.6) is 0 Å². The second-order valence-electron chi connectivity index (χ2n) is 3.74. The molecule has 0 aromatic carbocycles. The molecule has 1 fully saturated rings. The standard InChI is InChI=1S/C9H20N2O/c1-8(12)6-11-5-3-4-9(7-11)10-2/h8-10,12H,3-7H2,1-2H3/t8-,9?/m0/s1. The van der Waals surface area contributed by atoms with Gasteiger partial charge in [-0.2, -0.15) is 0 Å². The summed E-state index contributed by atoms with van der Waals surface area (Å²) < 4.78 is 0. The number of β-amino-alcohol motifs (C(OH)–C–C–N with tert-alkyl or cyclic N) is 1. The SMILES string of the molecule is CNC1CCCN(C[C@H](C)O)C1. The third kappa shape index (κ3) is 3.09. The fourth-order valence-corrected chi connectivity index (χ4v) is 1.83. The molecule has 0 aromatic rings. The molecule has 1 heterocycles. The summed E-state index contributed by atoms with van der Waals surface area (Å²) in [5, 5.41) is 12.5. The number of aliphatic hydroxyl groups excluding tert-OH is 1. The normalized spacial score (nSPS) is 28.8. The Morgan fingerprint density at radius 2 is 2.42 bits per heavy atom. The van der Waals surface area contributed by atoms with E-state index in [9.17, 15) is 5.11 Å². The van der Waals surface area contributed by atoms with Crippen LogP contribution in [0.3, 0.4) is 0 Å². The van der Waals surface area contributed by atoms with Crippen LogP contribution in [0.25, 0.3) is 0 Å². The average molecular weight is 172 g/mol. The fourth-order valence-electron chi connectivity index (χ4n) is 1.83. The highest BCUT2D eigenvalue weighted by Gasteiger charge is 2.18. The minimum absolute atomic E-state index is 0.194. The Balaban J connectivity index is 2.25. The largest absolute Gasteiger partial charge is 0.392 e. The molecule has 1 rings (SSSR count). The van der Waals surface area contributed by atoms with Gasteiger partial charge in [-0.15, -0.1) is 0 Å². The van der Waals surface area contributed by atoms with Crippen LogP contribution in [0.2, 0.25) is 0 Å². The Hall–Kier alpha value is -0.120. The van der Waals surface area contributed by atoms with Crippen LogP contribution >= 0.6 is 0 Å². The zero-order valence-electron chi connectivity index (χ0n) is 8.08. The molecule has 3 nitrogen and oxygen atoms in total. The number of aliphatic hydroxyl groups is 1. The van der Waals surface area contributed by atoms with E-state index in [1.807, 2.05) is 14.0 Å². The second kappa shape index (κ2) is 4.80. The number of likely N-dealkylation sites (N-methyl/N-ethyl adjacent to an activating group) is 1. The minimum Gasteiger partial charge on any atom is -0.392 e. The van der Waals surface area contributed by atoms with Gasteiger partial charge in [0.15, 0.2) is 0 Å². The first-order chi connectivity index (χ1) is 5.72. The van der Waals surface area contributed by atoms with Gasteiger partial charge in [0, 0.05) is 19.1 Å². The molecule has 0 amide bonds. The number of likely N-dealkylation sites (tertiary alicyclic amines) is 1. The number of hydrogen-bond acceptors (Lipinski definition) is 3. The molecular weight excluding hydrogens is 152 g/mol. The van der Waals surface area contributed by atoms with Gasteiger partial charge < -0.3 is 10.4 Å². The lowest BCUT2D eigenvalue weighted by Crippen LogP contribution is -2.46. The molecule has 1 aliphatic rings. The van der Waals surface area contributed by atoms with E-state index in [1.165, 1.54) is 12.8 Å². The van der Waals surface area contributed by atoms with Crippen molar-refractivity contribution in [3.8, 4) is 0 Å². The molecule has 2 atom stereocenters. The van der Waals surface area contributed by atoms with Gasteiger partial charge in [-0.25, -0.2) is 0 Å². The third-order valence-corrected chi connectivity index (χ3v) is 2.44. The summed E-state index contributed by atoms with van der Waals surface area (Å²) in [5.74, 6) is 0. The summed E-state index contributed by atoms with van der Waals surface area (Å²) in [6.07, 6.45) is 2.33. The molecule has 0 spiro atoms. The quantitative estimate of drug-likeness (QED) is 0.631. The number of hydrogen-bond donors (Lipinski definition) is 2. The second-order valence-corrected chi connectivity index (χ2v) is 3.74. The van der Waals surface area contributed by atoms with Gasteiger partial charge in [0.2, 0.25) is 0 Å². The van der Waals surface area contributed by atoms with Crippen molar-refractivity contribution in [2.75, 3.05) is 26.7 Å². The monoisotopic (exact) mass is 172 g/mol. The zero-order valence-corrected chi connectivity index (χ0v) is 8.08. The topological polar surface area (TPSA) is 35.5 Å². The van der Waals surface area contributed by atoms with Crippen LogP contribution < -0.4 is 5.32 Å². The van der Waals surface area contributed by atoms with E-state index < -0.39 is 0 Å². The Labute approximate surface area is 74.8 Å². The number of nitrogens with zero attached hydrogens (tertiary/aromatic N) is 1. The maximum atomic E-state index is 9.20. The van der Waals surface area contributed by atoms with E-state index in [2.05, 4.69) is 10.2 Å². The van der Waals surface area contributed by atoms with E-state index in [4.69, 9.17) is 0 Å². The van der Waals surface area contributed by atoms with E-state index in [0.29, 0.717) is 6.04 Å². The van der Waals surface area contributed by atoms with Crippen molar-refractivity contribution >= 4 is 0 Å². The highest BCUT2D eigenvalue weighted by atomic mass is 16.3. The highest BCUT2D eigenvalue weighted by molar-refractivity contribution is 4.77. The number of nitrogens with one attached hydrogen (secondary N) is 1. The Morgan fingerprint density at radius 3 is 3.00 bits per heavy atom. The summed E-state index contributed by atoms with van der Waals surface area (Å²) in [5.41, 5.74) is 0. The van der Waals surface area contributed by atoms with Crippen LogP contribution in [0.4, 0.5) is 0 Å². The first kappa shape index (κ1) is 9.96. The van der Waals surface area contributed by atoms with E-state index in [0.717, 1.165) is 19.6 Å². The summed E-state index contributed by atoms with van der Waals surface area (Å²) >= 11 is 0. The Bertz CT molecular complexity index is 128. The smallest absolute Gasteiger partial charge is 0.0639 e. The number of rotatable bonds is 3. The highest BCUT2D eigenvalue weighted by Crippen LogP contribution is 2.09. The van der Waals surface area contributed by atoms with Crippen LogP contribution in [0.15, 0.2) is 0 Å². The Morgan fingerprint density at radius 1 is 1.67 bits per heavy atom. The molecule has 1 unspecified atom stereocenters. The minimum atomic E-state index is -0.194. The maximum Gasteiger partial charge on any atom is 0.0639 e. The van der Waals surface area contributed by atoms with Crippen molar-refractivity contribution in [3.63, 3.8) is 0 Å². The van der Waals surface area contributed by atoms with Gasteiger partial charge in [-0.1, -0.05) is 0 Å². The number of piperidine rings is 1. The van der Waals surface area contributed by atoms with Crippen LogP contribution in [0, 0.1) is 0 Å². The van der Waals surface area contributed by atoms with E-state index in [-0.39, 0.29) is 6.10 Å². The van der Waals surface area contributed by atoms with Crippen molar-refractivity contribution < 1.29 is 5.11 Å². The summed E-state index contributed by atoms with van der Waals surface area (Å²) in [4.78, 5) is 2.33. The lowest BCUT2D eigenvalue weighted by Gasteiger charge is -2.33. The van der Waals surface area contributed by atoms with Crippen LogP contribution in [0.1, 0.15) is 19.8 Å².